The molecule has 2 rings (SSSR count). The van der Waals surface area contributed by atoms with Crippen LogP contribution >= 0.6 is 0 Å². The molecule has 0 heterocycles. The van der Waals surface area contributed by atoms with Crippen LogP contribution < -0.4 is 0 Å². The summed E-state index contributed by atoms with van der Waals surface area (Å²) in [5, 5.41) is 8.89. The normalized spacial score (nSPS) is 21.7. The van der Waals surface area contributed by atoms with E-state index in [0.717, 1.165) is 25.9 Å². The quantitative estimate of drug-likeness (QED) is 0.855. The van der Waals surface area contributed by atoms with Crippen molar-refractivity contribution in [3.63, 3.8) is 0 Å². The van der Waals surface area contributed by atoms with E-state index in [1.807, 2.05) is 0 Å². The van der Waals surface area contributed by atoms with Gasteiger partial charge in [0.2, 0.25) is 0 Å². The molecule has 1 N–H and O–H groups in total. The van der Waals surface area contributed by atoms with E-state index >= 15 is 0 Å². The Labute approximate surface area is 115 Å². The fraction of sp³-hybridized carbons (Fsp3) is 0.562. The minimum Gasteiger partial charge on any atom is -0.481 e. The third-order valence-electron chi connectivity index (χ3n) is 4.05. The predicted molar refractivity (Wildman–Crippen MR) is 76.3 cm³/mol. The van der Waals surface area contributed by atoms with E-state index in [-0.39, 0.29) is 5.92 Å². The fourth-order valence-corrected chi connectivity index (χ4v) is 2.68. The van der Waals surface area contributed by atoms with Gasteiger partial charge in [-0.15, -0.1) is 0 Å². The van der Waals surface area contributed by atoms with Gasteiger partial charge in [0.25, 0.3) is 0 Å². The molecule has 0 bridgehead atoms. The van der Waals surface area contributed by atoms with E-state index in [1.165, 1.54) is 16.7 Å². The van der Waals surface area contributed by atoms with Crippen molar-refractivity contribution < 1.29 is 9.90 Å². The molecule has 1 aliphatic rings. The van der Waals surface area contributed by atoms with Crippen molar-refractivity contribution in [3.05, 3.63) is 34.9 Å². The van der Waals surface area contributed by atoms with Crippen molar-refractivity contribution >= 4 is 5.97 Å². The molecule has 0 saturated heterocycles. The second kappa shape index (κ2) is 5.74. The van der Waals surface area contributed by atoms with Crippen LogP contribution in [-0.2, 0) is 11.2 Å². The van der Waals surface area contributed by atoms with Crippen molar-refractivity contribution in [1.29, 1.82) is 0 Å². The highest BCUT2D eigenvalue weighted by atomic mass is 16.4. The van der Waals surface area contributed by atoms with Gasteiger partial charge in [0.05, 0.1) is 5.92 Å². The monoisotopic (exact) mass is 261 g/mol. The molecule has 1 aromatic rings. The zero-order chi connectivity index (χ0) is 14.0. The average molecular weight is 261 g/mol. The highest BCUT2D eigenvalue weighted by Gasteiger charge is 2.43. The molecule has 0 spiro atoms. The van der Waals surface area contributed by atoms with Crippen LogP contribution in [0.15, 0.2) is 18.2 Å². The van der Waals surface area contributed by atoms with Crippen LogP contribution in [0.2, 0.25) is 0 Å². The van der Waals surface area contributed by atoms with Crippen molar-refractivity contribution in [1.82, 2.24) is 4.90 Å². The Morgan fingerprint density at radius 2 is 2.16 bits per heavy atom. The molecule has 2 atom stereocenters. The SMILES string of the molecule is Cc1ccc(CCN(C)CC2CC2C(=O)O)c(C)c1. The Bertz CT molecular complexity index is 470. The fourth-order valence-electron chi connectivity index (χ4n) is 2.68. The lowest BCUT2D eigenvalue weighted by Gasteiger charge is -2.17. The lowest BCUT2D eigenvalue weighted by Crippen LogP contribution is -2.25. The van der Waals surface area contributed by atoms with Crippen LogP contribution in [0.5, 0.6) is 0 Å². The molecule has 104 valence electrons. The molecule has 19 heavy (non-hydrogen) atoms. The Balaban J connectivity index is 1.77. The van der Waals surface area contributed by atoms with Crippen LogP contribution in [0, 0.1) is 25.7 Å². The summed E-state index contributed by atoms with van der Waals surface area (Å²) in [4.78, 5) is 13.0. The second-order valence-corrected chi connectivity index (χ2v) is 5.88. The molecule has 1 saturated carbocycles. The Morgan fingerprint density at radius 1 is 1.42 bits per heavy atom. The maximum Gasteiger partial charge on any atom is 0.306 e. The number of carbonyl (C=O) groups is 1. The number of aliphatic carboxylic acids is 1. The van der Waals surface area contributed by atoms with E-state index < -0.39 is 5.97 Å². The number of carboxylic acids is 1. The first kappa shape index (κ1) is 14.1. The van der Waals surface area contributed by atoms with E-state index in [9.17, 15) is 4.79 Å². The molecular formula is C16H23NO2. The minimum atomic E-state index is -0.632. The first-order valence-corrected chi connectivity index (χ1v) is 6.95. The maximum atomic E-state index is 10.8. The predicted octanol–water partition coefficient (Wildman–Crippen LogP) is 2.50. The third kappa shape index (κ3) is 3.80. The number of nitrogens with zero attached hydrogens (tertiary/aromatic N) is 1. The first-order chi connectivity index (χ1) is 8.97. The number of rotatable bonds is 6. The summed E-state index contributed by atoms with van der Waals surface area (Å²) >= 11 is 0. The molecule has 1 aromatic carbocycles. The van der Waals surface area contributed by atoms with E-state index in [4.69, 9.17) is 5.11 Å². The summed E-state index contributed by atoms with van der Waals surface area (Å²) in [7, 11) is 2.08. The summed E-state index contributed by atoms with van der Waals surface area (Å²) in [6.07, 6.45) is 1.89. The summed E-state index contributed by atoms with van der Waals surface area (Å²) in [5.74, 6) is -0.363. The van der Waals surface area contributed by atoms with Gasteiger partial charge in [-0.3, -0.25) is 4.79 Å². The van der Waals surface area contributed by atoms with E-state index in [2.05, 4.69) is 44.0 Å². The lowest BCUT2D eigenvalue weighted by atomic mass is 10.0. The van der Waals surface area contributed by atoms with Gasteiger partial charge in [0.15, 0.2) is 0 Å². The Kier molecular flexibility index (Phi) is 4.25. The average Bonchev–Trinajstić information content (AvgIpc) is 3.07. The van der Waals surface area contributed by atoms with Gasteiger partial charge in [-0.1, -0.05) is 23.8 Å². The first-order valence-electron chi connectivity index (χ1n) is 6.95. The number of hydrogen-bond acceptors (Lipinski definition) is 2. The van der Waals surface area contributed by atoms with Crippen LogP contribution in [0.25, 0.3) is 0 Å². The standard InChI is InChI=1S/C16H23NO2/c1-11-4-5-13(12(2)8-11)6-7-17(3)10-14-9-15(14)16(18)19/h4-5,8,14-15H,6-7,9-10H2,1-3H3,(H,18,19). The van der Waals surface area contributed by atoms with Crippen LogP contribution in [0.1, 0.15) is 23.1 Å². The summed E-state index contributed by atoms with van der Waals surface area (Å²) in [6.45, 7) is 6.17. The zero-order valence-electron chi connectivity index (χ0n) is 12.0. The lowest BCUT2D eigenvalue weighted by molar-refractivity contribution is -0.138. The number of carboxylic acid groups (broad SMARTS) is 1. The van der Waals surface area contributed by atoms with Gasteiger partial charge in [-0.05, 0) is 50.8 Å². The van der Waals surface area contributed by atoms with Gasteiger partial charge < -0.3 is 10.0 Å². The number of hydrogen-bond donors (Lipinski definition) is 1. The maximum absolute atomic E-state index is 10.8. The molecule has 3 heteroatoms. The minimum absolute atomic E-state index is 0.0939. The Morgan fingerprint density at radius 3 is 2.74 bits per heavy atom. The van der Waals surface area contributed by atoms with Crippen molar-refractivity contribution in [2.24, 2.45) is 11.8 Å². The van der Waals surface area contributed by atoms with Crippen molar-refractivity contribution in [3.8, 4) is 0 Å². The van der Waals surface area contributed by atoms with Gasteiger partial charge in [-0.2, -0.15) is 0 Å². The second-order valence-electron chi connectivity index (χ2n) is 5.88. The zero-order valence-corrected chi connectivity index (χ0v) is 12.0. The molecule has 1 fully saturated rings. The molecule has 1 aliphatic carbocycles. The van der Waals surface area contributed by atoms with E-state index in [1.54, 1.807) is 0 Å². The summed E-state index contributed by atoms with van der Waals surface area (Å²) in [5.41, 5.74) is 4.04. The van der Waals surface area contributed by atoms with Crippen LogP contribution in [-0.4, -0.2) is 36.1 Å². The largest absolute Gasteiger partial charge is 0.481 e. The highest BCUT2D eigenvalue weighted by Crippen LogP contribution is 2.38. The van der Waals surface area contributed by atoms with E-state index in [0.29, 0.717) is 5.92 Å². The smallest absolute Gasteiger partial charge is 0.306 e. The molecular weight excluding hydrogens is 238 g/mol. The molecule has 0 aliphatic heterocycles. The summed E-state index contributed by atoms with van der Waals surface area (Å²) < 4.78 is 0. The molecule has 3 nitrogen and oxygen atoms in total. The van der Waals surface area contributed by atoms with Crippen LogP contribution in [0.4, 0.5) is 0 Å². The highest BCUT2D eigenvalue weighted by molar-refractivity contribution is 5.73. The van der Waals surface area contributed by atoms with Crippen LogP contribution in [0.3, 0.4) is 0 Å². The number of benzene rings is 1. The number of aryl methyl sites for hydroxylation is 2. The Hall–Kier alpha value is -1.35. The third-order valence-corrected chi connectivity index (χ3v) is 4.05. The van der Waals surface area contributed by atoms with Gasteiger partial charge >= 0.3 is 5.97 Å². The van der Waals surface area contributed by atoms with Crippen molar-refractivity contribution in [2.75, 3.05) is 20.1 Å². The van der Waals surface area contributed by atoms with Gasteiger partial charge in [0, 0.05) is 13.1 Å². The molecule has 2 unspecified atom stereocenters. The van der Waals surface area contributed by atoms with Crippen molar-refractivity contribution in [2.45, 2.75) is 26.7 Å². The topological polar surface area (TPSA) is 40.5 Å². The number of likely N-dealkylation sites (N-methyl/N-ethyl adjacent to an activating group) is 1. The summed E-state index contributed by atoms with van der Waals surface area (Å²) in [6, 6.07) is 6.58. The molecule has 0 aromatic heterocycles. The van der Waals surface area contributed by atoms with Gasteiger partial charge in [-0.25, -0.2) is 0 Å². The molecule has 0 amide bonds. The molecule has 0 radical (unpaired) electrons. The van der Waals surface area contributed by atoms with Gasteiger partial charge in [0.1, 0.15) is 0 Å².